The number of hydrogen-bond donors (Lipinski definition) is 2. The summed E-state index contributed by atoms with van der Waals surface area (Å²) in [7, 11) is 0. The van der Waals surface area contributed by atoms with Gasteiger partial charge in [-0.1, -0.05) is 15.9 Å². The molecule has 0 aliphatic carbocycles. The Labute approximate surface area is 127 Å². The summed E-state index contributed by atoms with van der Waals surface area (Å²) < 4.78 is 1.73. The van der Waals surface area contributed by atoms with E-state index < -0.39 is 0 Å². The van der Waals surface area contributed by atoms with E-state index in [0.29, 0.717) is 17.1 Å². The molecule has 0 fully saturated rings. The van der Waals surface area contributed by atoms with Crippen LogP contribution in [0.5, 0.6) is 0 Å². The summed E-state index contributed by atoms with van der Waals surface area (Å²) in [5.74, 6) is 0.215. The maximum Gasteiger partial charge on any atom is 0.258 e. The molecule has 0 aliphatic heterocycles. The van der Waals surface area contributed by atoms with Crippen LogP contribution in [0.1, 0.15) is 16.1 Å². The molecular formula is C13H11Br2N3O. The number of anilines is 2. The minimum Gasteiger partial charge on any atom is -0.398 e. The Morgan fingerprint density at radius 1 is 1.26 bits per heavy atom. The van der Waals surface area contributed by atoms with Crippen LogP contribution >= 0.6 is 31.9 Å². The molecule has 98 valence electrons. The van der Waals surface area contributed by atoms with Gasteiger partial charge >= 0.3 is 0 Å². The number of nitrogens with one attached hydrogen (secondary N) is 1. The SMILES string of the molecule is Cc1nc(NC(=O)c2ccc(Br)cc2N)ccc1Br. The largest absolute Gasteiger partial charge is 0.398 e. The van der Waals surface area contributed by atoms with Crippen molar-refractivity contribution < 1.29 is 4.79 Å². The van der Waals surface area contributed by atoms with Gasteiger partial charge in [-0.15, -0.1) is 0 Å². The minimum absolute atomic E-state index is 0.278. The van der Waals surface area contributed by atoms with Crippen LogP contribution in [0.15, 0.2) is 39.3 Å². The van der Waals surface area contributed by atoms with Crippen molar-refractivity contribution in [3.05, 3.63) is 50.5 Å². The predicted octanol–water partition coefficient (Wildman–Crippen LogP) is 3.75. The monoisotopic (exact) mass is 383 g/mol. The Balaban J connectivity index is 2.23. The van der Waals surface area contributed by atoms with Crippen LogP contribution in [0.2, 0.25) is 0 Å². The van der Waals surface area contributed by atoms with Crippen molar-refractivity contribution in [1.29, 1.82) is 0 Å². The lowest BCUT2D eigenvalue weighted by Gasteiger charge is -2.08. The molecule has 0 spiro atoms. The average Bonchev–Trinajstić information content (AvgIpc) is 2.33. The van der Waals surface area contributed by atoms with Crippen LogP contribution in [-0.2, 0) is 0 Å². The van der Waals surface area contributed by atoms with Crippen LogP contribution in [0.3, 0.4) is 0 Å². The molecule has 3 N–H and O–H groups in total. The van der Waals surface area contributed by atoms with E-state index in [-0.39, 0.29) is 5.91 Å². The number of amides is 1. The first-order valence-corrected chi connectivity index (χ1v) is 7.05. The summed E-state index contributed by atoms with van der Waals surface area (Å²) in [4.78, 5) is 16.3. The number of pyridine rings is 1. The van der Waals surface area contributed by atoms with E-state index in [1.807, 2.05) is 13.0 Å². The Bertz CT molecular complexity index is 644. The second-order valence-electron chi connectivity index (χ2n) is 3.95. The zero-order valence-corrected chi connectivity index (χ0v) is 13.2. The number of nitrogens with two attached hydrogens (primary N) is 1. The van der Waals surface area contributed by atoms with Crippen LogP contribution in [-0.4, -0.2) is 10.9 Å². The van der Waals surface area contributed by atoms with Crippen LogP contribution in [0.4, 0.5) is 11.5 Å². The number of nitrogens with zero attached hydrogens (tertiary/aromatic N) is 1. The molecule has 1 aromatic heterocycles. The topological polar surface area (TPSA) is 68.0 Å². The Hall–Kier alpha value is -1.40. The molecule has 0 unspecified atom stereocenters. The molecule has 1 amide bonds. The van der Waals surface area contributed by atoms with E-state index in [0.717, 1.165) is 14.6 Å². The minimum atomic E-state index is -0.278. The number of aromatic nitrogens is 1. The third-order valence-corrected chi connectivity index (χ3v) is 3.85. The number of rotatable bonds is 2. The summed E-state index contributed by atoms with van der Waals surface area (Å²) in [6.45, 7) is 1.85. The number of carbonyl (C=O) groups excluding carboxylic acids is 1. The van der Waals surface area contributed by atoms with Crippen molar-refractivity contribution in [2.24, 2.45) is 0 Å². The molecule has 0 saturated carbocycles. The van der Waals surface area contributed by atoms with Gasteiger partial charge in [0, 0.05) is 14.6 Å². The summed E-state index contributed by atoms with van der Waals surface area (Å²) in [5, 5.41) is 2.72. The zero-order valence-electron chi connectivity index (χ0n) is 10.1. The smallest absolute Gasteiger partial charge is 0.258 e. The van der Waals surface area contributed by atoms with E-state index in [1.54, 1.807) is 24.3 Å². The molecule has 0 saturated heterocycles. The summed E-state index contributed by atoms with van der Waals surface area (Å²) in [6.07, 6.45) is 0. The average molecular weight is 385 g/mol. The van der Waals surface area contributed by atoms with Crippen LogP contribution in [0.25, 0.3) is 0 Å². The summed E-state index contributed by atoms with van der Waals surface area (Å²) in [5.41, 5.74) is 7.46. The molecule has 0 aliphatic rings. The van der Waals surface area contributed by atoms with E-state index in [1.165, 1.54) is 0 Å². The van der Waals surface area contributed by atoms with Gasteiger partial charge < -0.3 is 11.1 Å². The molecular weight excluding hydrogens is 374 g/mol. The maximum atomic E-state index is 12.1. The molecule has 0 radical (unpaired) electrons. The second-order valence-corrected chi connectivity index (χ2v) is 5.72. The molecule has 4 nitrogen and oxygen atoms in total. The Kier molecular flexibility index (Phi) is 4.21. The predicted molar refractivity (Wildman–Crippen MR) is 83.2 cm³/mol. The zero-order chi connectivity index (χ0) is 14.0. The van der Waals surface area contributed by atoms with E-state index in [2.05, 4.69) is 42.2 Å². The van der Waals surface area contributed by atoms with E-state index >= 15 is 0 Å². The first-order valence-electron chi connectivity index (χ1n) is 5.47. The van der Waals surface area contributed by atoms with Gasteiger partial charge in [0.1, 0.15) is 5.82 Å². The van der Waals surface area contributed by atoms with Crippen molar-refractivity contribution in [1.82, 2.24) is 4.98 Å². The Morgan fingerprint density at radius 3 is 2.63 bits per heavy atom. The fourth-order valence-corrected chi connectivity index (χ4v) is 2.14. The van der Waals surface area contributed by atoms with Crippen molar-refractivity contribution in [3.8, 4) is 0 Å². The normalized spacial score (nSPS) is 10.3. The highest BCUT2D eigenvalue weighted by Gasteiger charge is 2.11. The highest BCUT2D eigenvalue weighted by molar-refractivity contribution is 9.10. The van der Waals surface area contributed by atoms with Crippen LogP contribution < -0.4 is 11.1 Å². The van der Waals surface area contributed by atoms with Crippen molar-refractivity contribution >= 4 is 49.3 Å². The van der Waals surface area contributed by atoms with Gasteiger partial charge in [-0.25, -0.2) is 4.98 Å². The molecule has 2 rings (SSSR count). The number of aryl methyl sites for hydroxylation is 1. The van der Waals surface area contributed by atoms with E-state index in [9.17, 15) is 4.79 Å². The quantitative estimate of drug-likeness (QED) is 0.774. The maximum absolute atomic E-state index is 12.1. The van der Waals surface area contributed by atoms with Crippen LogP contribution in [0, 0.1) is 6.92 Å². The summed E-state index contributed by atoms with van der Waals surface area (Å²) in [6, 6.07) is 8.69. The summed E-state index contributed by atoms with van der Waals surface area (Å²) >= 11 is 6.66. The molecule has 0 bridgehead atoms. The third-order valence-electron chi connectivity index (χ3n) is 2.52. The van der Waals surface area contributed by atoms with E-state index in [4.69, 9.17) is 5.73 Å². The molecule has 1 heterocycles. The standard InChI is InChI=1S/C13H11Br2N3O/c1-7-10(15)4-5-12(17-7)18-13(19)9-3-2-8(14)6-11(9)16/h2-6H,16H2,1H3,(H,17,18,19). The molecule has 1 aromatic carbocycles. The number of nitrogen functional groups attached to an aromatic ring is 1. The van der Waals surface area contributed by atoms with Gasteiger partial charge in [-0.05, 0) is 53.2 Å². The van der Waals surface area contributed by atoms with Gasteiger partial charge in [0.25, 0.3) is 5.91 Å². The second kappa shape index (κ2) is 5.71. The van der Waals surface area contributed by atoms with Gasteiger partial charge in [-0.3, -0.25) is 4.79 Å². The highest BCUT2D eigenvalue weighted by Crippen LogP contribution is 2.20. The van der Waals surface area contributed by atoms with Gasteiger partial charge in [0.05, 0.1) is 11.3 Å². The number of halogens is 2. The van der Waals surface area contributed by atoms with Gasteiger partial charge in [-0.2, -0.15) is 0 Å². The first kappa shape index (κ1) is 14.0. The highest BCUT2D eigenvalue weighted by atomic mass is 79.9. The number of benzene rings is 1. The fourth-order valence-electron chi connectivity index (χ4n) is 1.54. The molecule has 2 aromatic rings. The number of hydrogen-bond acceptors (Lipinski definition) is 3. The van der Waals surface area contributed by atoms with Crippen molar-refractivity contribution in [2.45, 2.75) is 6.92 Å². The molecule has 19 heavy (non-hydrogen) atoms. The van der Waals surface area contributed by atoms with Gasteiger partial charge in [0.2, 0.25) is 0 Å². The lowest BCUT2D eigenvalue weighted by molar-refractivity contribution is 0.102. The van der Waals surface area contributed by atoms with Gasteiger partial charge in [0.15, 0.2) is 0 Å². The Morgan fingerprint density at radius 2 is 2.00 bits per heavy atom. The van der Waals surface area contributed by atoms with Crippen molar-refractivity contribution in [3.63, 3.8) is 0 Å². The lowest BCUT2D eigenvalue weighted by atomic mass is 10.1. The molecule has 6 heteroatoms. The fraction of sp³-hybridized carbons (Fsp3) is 0.0769. The first-order chi connectivity index (χ1) is 8.97. The lowest BCUT2D eigenvalue weighted by Crippen LogP contribution is -2.15. The number of carbonyl (C=O) groups is 1. The van der Waals surface area contributed by atoms with Crippen molar-refractivity contribution in [2.75, 3.05) is 11.1 Å². The molecule has 0 atom stereocenters. The third kappa shape index (κ3) is 3.33.